The highest BCUT2D eigenvalue weighted by molar-refractivity contribution is 7.46. The highest BCUT2D eigenvalue weighted by atomic mass is 31.2. The Morgan fingerprint density at radius 3 is 2.30 bits per heavy atom. The van der Waals surface area contributed by atoms with Crippen LogP contribution in [-0.4, -0.2) is 129 Å². The second-order valence-electron chi connectivity index (χ2n) is 16.8. The van der Waals surface area contributed by atoms with Gasteiger partial charge in [-0.05, 0) is 56.9 Å². The number of aliphatic hydroxyl groups is 1. The van der Waals surface area contributed by atoms with Gasteiger partial charge in [0.25, 0.3) is 0 Å². The van der Waals surface area contributed by atoms with Gasteiger partial charge < -0.3 is 50.2 Å². The average Bonchev–Trinajstić information content (AvgIpc) is 3.92. The van der Waals surface area contributed by atoms with Gasteiger partial charge in [-0.1, -0.05) is 57.0 Å². The van der Waals surface area contributed by atoms with E-state index in [-0.39, 0.29) is 44.1 Å². The second-order valence-corrected chi connectivity index (χ2v) is 18.0. The number of rotatable bonds is 32. The van der Waals surface area contributed by atoms with Crippen LogP contribution in [0.1, 0.15) is 96.2 Å². The number of hydrogen-bond acceptors (Lipinski definition) is 12. The SMILES string of the molecule is COCCOCCC(=O)N1CCC[C@H]1C(=O)N[C@@H](CC(C)C)C(=O)C[C@@H](Cc1cncn1CCCCCCc1ccccc1)C(=O)N[C@@H](CO)C(=O)C[C@H](C(N)=O)[C@@H](C)OP(=O)(O)O. The molecule has 0 aliphatic carbocycles. The summed E-state index contributed by atoms with van der Waals surface area (Å²) in [5.41, 5.74) is 7.35. The van der Waals surface area contributed by atoms with Gasteiger partial charge in [0.2, 0.25) is 23.6 Å². The summed E-state index contributed by atoms with van der Waals surface area (Å²) in [4.78, 5) is 105. The highest BCUT2D eigenvalue weighted by Crippen LogP contribution is 2.39. The van der Waals surface area contributed by atoms with E-state index >= 15 is 0 Å². The number of methoxy groups -OCH3 is 1. The molecular formula is C44H69N6O13P. The molecule has 0 saturated carbocycles. The largest absolute Gasteiger partial charge is 0.469 e. The van der Waals surface area contributed by atoms with Crippen LogP contribution in [-0.2, 0) is 66.7 Å². The molecule has 1 aromatic carbocycles. The number of phosphoric ester groups is 1. The molecule has 3 rings (SSSR count). The second kappa shape index (κ2) is 27.8. The van der Waals surface area contributed by atoms with E-state index < -0.39 is 86.2 Å². The first-order valence-electron chi connectivity index (χ1n) is 22.1. The topological polar surface area (TPSA) is 279 Å². The van der Waals surface area contributed by atoms with E-state index in [9.17, 15) is 48.2 Å². The van der Waals surface area contributed by atoms with Crippen molar-refractivity contribution in [1.82, 2.24) is 25.1 Å². The number of aromatic nitrogens is 2. The molecule has 0 radical (unpaired) electrons. The van der Waals surface area contributed by atoms with Crippen LogP contribution in [0.15, 0.2) is 42.9 Å². The fourth-order valence-corrected chi connectivity index (χ4v) is 8.36. The minimum atomic E-state index is -5.07. The number of imidazole rings is 1. The first-order chi connectivity index (χ1) is 30.4. The number of ether oxygens (including phenoxy) is 2. The van der Waals surface area contributed by atoms with Crippen LogP contribution in [0, 0.1) is 17.8 Å². The number of carbonyl (C=O) groups is 6. The maximum atomic E-state index is 14.3. The van der Waals surface area contributed by atoms with Gasteiger partial charge in [-0.15, -0.1) is 0 Å². The summed E-state index contributed by atoms with van der Waals surface area (Å²) >= 11 is 0. The number of nitrogens with two attached hydrogens (primary N) is 1. The van der Waals surface area contributed by atoms with Gasteiger partial charge in [-0.25, -0.2) is 9.55 Å². The lowest BCUT2D eigenvalue weighted by molar-refractivity contribution is -0.140. The molecule has 64 heavy (non-hydrogen) atoms. The maximum absolute atomic E-state index is 14.3. The van der Waals surface area contributed by atoms with Crippen LogP contribution < -0.4 is 16.4 Å². The molecule has 1 saturated heterocycles. The monoisotopic (exact) mass is 920 g/mol. The highest BCUT2D eigenvalue weighted by Gasteiger charge is 2.38. The van der Waals surface area contributed by atoms with Crippen LogP contribution in [0.3, 0.4) is 0 Å². The van der Waals surface area contributed by atoms with Gasteiger partial charge in [0.05, 0.1) is 63.2 Å². The minimum Gasteiger partial charge on any atom is -0.394 e. The van der Waals surface area contributed by atoms with E-state index in [4.69, 9.17) is 15.2 Å². The molecule has 358 valence electrons. The number of hydrogen-bond donors (Lipinski definition) is 6. The number of Topliss-reactive ketones (excluding diaryl/α,β-unsaturated/α-hetero) is 2. The number of primary amides is 1. The summed E-state index contributed by atoms with van der Waals surface area (Å²) in [6.45, 7) is 5.85. The molecule has 1 aromatic heterocycles. The Balaban J connectivity index is 1.80. The van der Waals surface area contributed by atoms with Crippen molar-refractivity contribution in [3.8, 4) is 0 Å². The van der Waals surface area contributed by atoms with E-state index in [1.807, 2.05) is 36.6 Å². The van der Waals surface area contributed by atoms with Crippen LogP contribution >= 0.6 is 7.82 Å². The molecule has 1 aliphatic rings. The van der Waals surface area contributed by atoms with Gasteiger partial charge in [0.1, 0.15) is 12.1 Å². The molecule has 2 aromatic rings. The van der Waals surface area contributed by atoms with Crippen LogP contribution in [0.2, 0.25) is 0 Å². The molecule has 2 heterocycles. The smallest absolute Gasteiger partial charge is 0.394 e. The summed E-state index contributed by atoms with van der Waals surface area (Å²) in [5.74, 6) is -6.65. The van der Waals surface area contributed by atoms with Crippen molar-refractivity contribution in [3.63, 3.8) is 0 Å². The number of phosphoric acid groups is 1. The summed E-state index contributed by atoms with van der Waals surface area (Å²) in [6.07, 6.45) is 6.72. The van der Waals surface area contributed by atoms with Gasteiger partial charge in [-0.2, -0.15) is 0 Å². The summed E-state index contributed by atoms with van der Waals surface area (Å²) in [6, 6.07) is 6.83. The number of unbranched alkanes of at least 4 members (excludes halogenated alkanes) is 3. The first kappa shape index (κ1) is 54.0. The number of likely N-dealkylation sites (tertiary alicyclic amines) is 1. The van der Waals surface area contributed by atoms with Crippen LogP contribution in [0.4, 0.5) is 0 Å². The molecular weight excluding hydrogens is 851 g/mol. The predicted octanol–water partition coefficient (Wildman–Crippen LogP) is 2.41. The normalized spacial score (nSPS) is 16.5. The molecule has 0 bridgehead atoms. The number of carbonyl (C=O) groups excluding carboxylic acids is 6. The predicted molar refractivity (Wildman–Crippen MR) is 235 cm³/mol. The average molecular weight is 921 g/mol. The van der Waals surface area contributed by atoms with Crippen molar-refractivity contribution in [2.45, 2.75) is 129 Å². The molecule has 0 spiro atoms. The number of benzene rings is 1. The van der Waals surface area contributed by atoms with Crippen molar-refractivity contribution in [2.75, 3.05) is 40.1 Å². The number of nitrogens with zero attached hydrogens (tertiary/aromatic N) is 3. The van der Waals surface area contributed by atoms with Gasteiger partial charge in [0.15, 0.2) is 11.6 Å². The fourth-order valence-electron chi connectivity index (χ4n) is 7.78. The lowest BCUT2D eigenvalue weighted by Crippen LogP contribution is -2.52. The number of aliphatic hydroxyl groups excluding tert-OH is 1. The zero-order valence-corrected chi connectivity index (χ0v) is 38.5. The number of ketones is 2. The van der Waals surface area contributed by atoms with Crippen molar-refractivity contribution in [3.05, 3.63) is 54.1 Å². The van der Waals surface area contributed by atoms with E-state index in [2.05, 4.69) is 32.3 Å². The van der Waals surface area contributed by atoms with Gasteiger partial charge >= 0.3 is 7.82 Å². The van der Waals surface area contributed by atoms with E-state index in [1.54, 1.807) is 19.6 Å². The third kappa shape index (κ3) is 19.0. The van der Waals surface area contributed by atoms with Gasteiger partial charge in [-0.3, -0.25) is 33.3 Å². The zero-order chi connectivity index (χ0) is 47.2. The number of aryl methyl sites for hydroxylation is 2. The lowest BCUT2D eigenvalue weighted by atomic mass is 9.89. The maximum Gasteiger partial charge on any atom is 0.469 e. The Kier molecular flexibility index (Phi) is 23.5. The van der Waals surface area contributed by atoms with E-state index in [0.717, 1.165) is 39.0 Å². The third-order valence-electron chi connectivity index (χ3n) is 11.3. The Labute approximate surface area is 375 Å². The van der Waals surface area contributed by atoms with E-state index in [1.165, 1.54) is 10.5 Å². The van der Waals surface area contributed by atoms with Crippen molar-refractivity contribution >= 4 is 43.0 Å². The minimum absolute atomic E-state index is 0.00527. The standard InChI is InChI=1S/C44H69N6O13P/c1-30(2)23-36(47-44(57)38-16-12-19-50(38)41(54)17-20-62-22-21-61-4)39(52)25-33(24-34-27-46-29-49(34)18-11-6-5-8-13-32-14-9-7-10-15-32)43(56)48-37(28-51)40(53)26-35(42(45)55)31(3)63-64(58,59)60/h7,9-10,14-15,27,29-31,33,35-38,51H,5-6,8,11-13,16-26,28H2,1-4H3,(H2,45,55)(H,47,57)(H,48,56)(H2,58,59,60)/t31-,33-,35+,36+,37+,38+/m1/s1. The Hall–Kier alpha value is -4.36. The molecule has 1 fully saturated rings. The Morgan fingerprint density at radius 2 is 1.64 bits per heavy atom. The van der Waals surface area contributed by atoms with Crippen molar-refractivity contribution in [1.29, 1.82) is 0 Å². The number of amides is 4. The molecule has 6 atom stereocenters. The van der Waals surface area contributed by atoms with Crippen molar-refractivity contribution in [2.24, 2.45) is 23.5 Å². The molecule has 20 heteroatoms. The summed E-state index contributed by atoms with van der Waals surface area (Å²) in [5, 5.41) is 15.7. The van der Waals surface area contributed by atoms with Crippen molar-refractivity contribution < 1.29 is 62.2 Å². The number of nitrogens with one attached hydrogen (secondary N) is 2. The molecule has 0 unspecified atom stereocenters. The Bertz CT molecular complexity index is 1840. The zero-order valence-electron chi connectivity index (χ0n) is 37.6. The summed E-state index contributed by atoms with van der Waals surface area (Å²) < 4.78 is 28.4. The third-order valence-corrected chi connectivity index (χ3v) is 11.9. The summed E-state index contributed by atoms with van der Waals surface area (Å²) in [7, 11) is -3.53. The Morgan fingerprint density at radius 1 is 0.938 bits per heavy atom. The molecule has 7 N–H and O–H groups in total. The fraction of sp³-hybridized carbons (Fsp3) is 0.659. The molecule has 19 nitrogen and oxygen atoms in total. The molecule has 1 aliphatic heterocycles. The van der Waals surface area contributed by atoms with Crippen LogP contribution in [0.5, 0.6) is 0 Å². The van der Waals surface area contributed by atoms with E-state index in [0.29, 0.717) is 44.8 Å². The van der Waals surface area contributed by atoms with Gasteiger partial charge in [0, 0.05) is 51.4 Å². The van der Waals surface area contributed by atoms with Crippen LogP contribution in [0.25, 0.3) is 0 Å². The quantitative estimate of drug-likeness (QED) is 0.0455. The first-order valence-corrected chi connectivity index (χ1v) is 23.7. The lowest BCUT2D eigenvalue weighted by Gasteiger charge is -2.28. The molecule has 4 amide bonds.